The van der Waals surface area contributed by atoms with Crippen LogP contribution in [0.15, 0.2) is 46.9 Å². The van der Waals surface area contributed by atoms with Crippen molar-refractivity contribution in [3.8, 4) is 0 Å². The summed E-state index contributed by atoms with van der Waals surface area (Å²) in [6.45, 7) is 4.52. The van der Waals surface area contributed by atoms with Crippen LogP contribution in [0.5, 0.6) is 0 Å². The van der Waals surface area contributed by atoms with Gasteiger partial charge in [0.05, 0.1) is 5.69 Å². The molecule has 0 N–H and O–H groups in total. The Kier molecular flexibility index (Phi) is 8.99. The molecule has 3 amide bonds. The minimum atomic E-state index is -0.980. The number of anilines is 1. The van der Waals surface area contributed by atoms with E-state index in [1.807, 2.05) is 31.2 Å². The zero-order valence-corrected chi connectivity index (χ0v) is 20.2. The lowest BCUT2D eigenvalue weighted by Gasteiger charge is -2.32. The first-order chi connectivity index (χ1) is 14.3. The van der Waals surface area contributed by atoms with Gasteiger partial charge in [-0.1, -0.05) is 84.9 Å². The number of unbranched alkanes of at least 4 members (excludes halogenated alkanes) is 3. The van der Waals surface area contributed by atoms with E-state index in [4.69, 9.17) is 23.2 Å². The third-order valence-corrected chi connectivity index (χ3v) is 6.45. The summed E-state index contributed by atoms with van der Waals surface area (Å²) in [4.78, 5) is 29.9. The molecule has 1 heterocycles. The highest BCUT2D eigenvalue weighted by Crippen LogP contribution is 2.37. The number of halogens is 3. The molecule has 3 rings (SSSR count). The van der Waals surface area contributed by atoms with Crippen molar-refractivity contribution < 1.29 is 9.59 Å². The highest BCUT2D eigenvalue weighted by Gasteiger charge is 2.54. The topological polar surface area (TPSA) is 40.6 Å². The average Bonchev–Trinajstić information content (AvgIpc) is 2.86. The molecule has 4 nitrogen and oxygen atoms in total. The lowest BCUT2D eigenvalue weighted by molar-refractivity contribution is -0.124. The van der Waals surface area contributed by atoms with Gasteiger partial charge in [0.15, 0.2) is 0 Å². The molecule has 0 unspecified atom stereocenters. The molecular formula is C24H29BrCl2N2O2. The van der Waals surface area contributed by atoms with Crippen molar-refractivity contribution in [3.63, 3.8) is 0 Å². The molecule has 1 aliphatic rings. The van der Waals surface area contributed by atoms with Crippen LogP contribution in [-0.2, 0) is 11.2 Å². The number of carbonyl (C=O) groups excluding carboxylic acids is 2. The van der Waals surface area contributed by atoms with Gasteiger partial charge in [-0.3, -0.25) is 4.79 Å². The predicted octanol–water partition coefficient (Wildman–Crippen LogP) is 7.74. The second-order valence-corrected chi connectivity index (χ2v) is 9.63. The van der Waals surface area contributed by atoms with Crippen molar-refractivity contribution in [2.45, 2.75) is 58.9 Å². The van der Waals surface area contributed by atoms with Crippen LogP contribution in [0.25, 0.3) is 0 Å². The Morgan fingerprint density at radius 3 is 2.16 bits per heavy atom. The highest BCUT2D eigenvalue weighted by molar-refractivity contribution is 9.10. The number of amides is 3. The molecule has 0 aliphatic carbocycles. The van der Waals surface area contributed by atoms with E-state index in [2.05, 4.69) is 22.9 Å². The van der Waals surface area contributed by atoms with Crippen molar-refractivity contribution >= 4 is 56.8 Å². The van der Waals surface area contributed by atoms with E-state index in [0.717, 1.165) is 35.7 Å². The summed E-state index contributed by atoms with van der Waals surface area (Å²) >= 11 is 15.7. The Hall–Kier alpha value is -1.56. The molecule has 0 aromatic heterocycles. The van der Waals surface area contributed by atoms with Gasteiger partial charge >= 0.3 is 6.03 Å². The third-order valence-electron chi connectivity index (χ3n) is 5.48. The number of carbonyl (C=O) groups is 2. The summed E-state index contributed by atoms with van der Waals surface area (Å²) in [6.07, 6.45) is 4.52. The SMILES string of the molecule is C.CCCCCCN1C(=O)N(c2cc(Cl)cc(Cl)c2)C(=O)[C@@]1(C)Cc1ccc(Br)cc1. The average molecular weight is 528 g/mol. The van der Waals surface area contributed by atoms with Crippen molar-refractivity contribution in [3.05, 3.63) is 62.5 Å². The first-order valence-electron chi connectivity index (χ1n) is 10.1. The van der Waals surface area contributed by atoms with Crippen LogP contribution in [0.3, 0.4) is 0 Å². The van der Waals surface area contributed by atoms with Crippen LogP contribution < -0.4 is 4.90 Å². The van der Waals surface area contributed by atoms with Crippen LogP contribution in [0.4, 0.5) is 10.5 Å². The summed E-state index contributed by atoms with van der Waals surface area (Å²) in [7, 11) is 0. The molecular weight excluding hydrogens is 499 g/mol. The molecule has 0 spiro atoms. The summed E-state index contributed by atoms with van der Waals surface area (Å²) in [5, 5.41) is 0.767. The largest absolute Gasteiger partial charge is 0.332 e. The van der Waals surface area contributed by atoms with E-state index >= 15 is 0 Å². The van der Waals surface area contributed by atoms with Crippen molar-refractivity contribution in [2.75, 3.05) is 11.4 Å². The Balaban J connectivity index is 0.00000341. The number of hydrogen-bond acceptors (Lipinski definition) is 2. The van der Waals surface area contributed by atoms with Crippen molar-refractivity contribution in [1.29, 1.82) is 0 Å². The first kappa shape index (κ1) is 25.7. The zero-order chi connectivity index (χ0) is 21.9. The second kappa shape index (κ2) is 10.8. The smallest absolute Gasteiger partial charge is 0.309 e. The number of nitrogens with zero attached hydrogens (tertiary/aromatic N) is 2. The van der Waals surface area contributed by atoms with E-state index in [0.29, 0.717) is 28.7 Å². The maximum absolute atomic E-state index is 13.6. The van der Waals surface area contributed by atoms with E-state index in [9.17, 15) is 9.59 Å². The van der Waals surface area contributed by atoms with Gasteiger partial charge in [-0.2, -0.15) is 0 Å². The van der Waals surface area contributed by atoms with Gasteiger partial charge in [0.2, 0.25) is 0 Å². The van der Waals surface area contributed by atoms with E-state index in [-0.39, 0.29) is 19.4 Å². The maximum atomic E-state index is 13.6. The lowest BCUT2D eigenvalue weighted by atomic mass is 9.91. The number of imide groups is 1. The maximum Gasteiger partial charge on any atom is 0.332 e. The van der Waals surface area contributed by atoms with Crippen LogP contribution in [-0.4, -0.2) is 28.9 Å². The third kappa shape index (κ3) is 5.63. The Labute approximate surface area is 203 Å². The van der Waals surface area contributed by atoms with Crippen molar-refractivity contribution in [1.82, 2.24) is 4.90 Å². The van der Waals surface area contributed by atoms with Gasteiger partial charge in [0.25, 0.3) is 5.91 Å². The Morgan fingerprint density at radius 2 is 1.58 bits per heavy atom. The predicted molar refractivity (Wildman–Crippen MR) is 133 cm³/mol. The summed E-state index contributed by atoms with van der Waals surface area (Å²) < 4.78 is 0.969. The normalized spacial score (nSPS) is 18.5. The minimum Gasteiger partial charge on any atom is -0.309 e. The fourth-order valence-electron chi connectivity index (χ4n) is 3.88. The highest BCUT2D eigenvalue weighted by atomic mass is 79.9. The quantitative estimate of drug-likeness (QED) is 0.260. The molecule has 31 heavy (non-hydrogen) atoms. The molecule has 1 aliphatic heterocycles. The molecule has 2 aromatic rings. The summed E-state index contributed by atoms with van der Waals surface area (Å²) in [6, 6.07) is 12.3. The number of urea groups is 1. The summed E-state index contributed by atoms with van der Waals surface area (Å²) in [5.74, 6) is -0.260. The van der Waals surface area contributed by atoms with E-state index < -0.39 is 5.54 Å². The number of hydrogen-bond donors (Lipinski definition) is 0. The Bertz CT molecular complexity index is 915. The molecule has 1 atom stereocenters. The van der Waals surface area contributed by atoms with Gasteiger partial charge in [-0.15, -0.1) is 0 Å². The fourth-order valence-corrected chi connectivity index (χ4v) is 4.66. The van der Waals surface area contributed by atoms with Crippen LogP contribution in [0.1, 0.15) is 52.5 Å². The standard InChI is InChI=1S/C23H25BrCl2N2O2.CH4/c1-3-4-5-6-11-27-22(30)28(20-13-18(25)12-19(26)14-20)21(29)23(27,2)15-16-7-9-17(24)10-8-16;/h7-10,12-14H,3-6,11,15H2,1-2H3;1H4/t23-;/m1./s1. The fraction of sp³-hybridized carbons (Fsp3) is 0.417. The van der Waals surface area contributed by atoms with Gasteiger partial charge in [0.1, 0.15) is 5.54 Å². The zero-order valence-electron chi connectivity index (χ0n) is 17.1. The monoisotopic (exact) mass is 526 g/mol. The molecule has 168 valence electrons. The van der Waals surface area contributed by atoms with E-state index in [1.54, 1.807) is 23.1 Å². The van der Waals surface area contributed by atoms with Crippen LogP contribution in [0, 0.1) is 0 Å². The molecule has 1 saturated heterocycles. The minimum absolute atomic E-state index is 0. The molecule has 0 saturated carbocycles. The number of benzene rings is 2. The molecule has 0 radical (unpaired) electrons. The van der Waals surface area contributed by atoms with E-state index in [1.165, 1.54) is 4.90 Å². The molecule has 0 bridgehead atoms. The van der Waals surface area contributed by atoms with Gasteiger partial charge in [-0.25, -0.2) is 9.69 Å². The molecule has 7 heteroatoms. The second-order valence-electron chi connectivity index (χ2n) is 7.84. The number of rotatable bonds is 8. The first-order valence-corrected chi connectivity index (χ1v) is 11.7. The van der Waals surface area contributed by atoms with Crippen LogP contribution >= 0.6 is 39.1 Å². The van der Waals surface area contributed by atoms with Gasteiger partial charge in [-0.05, 0) is 49.2 Å². The van der Waals surface area contributed by atoms with Gasteiger partial charge in [0, 0.05) is 27.5 Å². The lowest BCUT2D eigenvalue weighted by Crippen LogP contribution is -2.49. The Morgan fingerprint density at radius 1 is 0.968 bits per heavy atom. The summed E-state index contributed by atoms with van der Waals surface area (Å²) in [5.41, 5.74) is 0.415. The van der Waals surface area contributed by atoms with Gasteiger partial charge < -0.3 is 4.90 Å². The molecule has 1 fully saturated rings. The van der Waals surface area contributed by atoms with Crippen LogP contribution in [0.2, 0.25) is 10.0 Å². The molecule has 2 aromatic carbocycles. The van der Waals surface area contributed by atoms with Crippen molar-refractivity contribution in [2.24, 2.45) is 0 Å².